The van der Waals surface area contributed by atoms with E-state index in [-0.39, 0.29) is 12.5 Å². The number of esters is 1. The highest BCUT2D eigenvalue weighted by molar-refractivity contribution is 6.32. The predicted octanol–water partition coefficient (Wildman–Crippen LogP) is 6.97. The van der Waals surface area contributed by atoms with E-state index in [4.69, 9.17) is 21.1 Å². The number of fused-ring (bicyclic) bond motifs is 3. The number of amides is 1. The van der Waals surface area contributed by atoms with Crippen molar-refractivity contribution in [2.75, 3.05) is 0 Å². The number of hydrogen-bond donors (Lipinski definition) is 2. The summed E-state index contributed by atoms with van der Waals surface area (Å²) in [7, 11) is 0. The van der Waals surface area contributed by atoms with Gasteiger partial charge in [0.2, 0.25) is 0 Å². The van der Waals surface area contributed by atoms with Crippen molar-refractivity contribution >= 4 is 45.5 Å². The van der Waals surface area contributed by atoms with E-state index in [1.807, 2.05) is 55.1 Å². The number of halogens is 1. The van der Waals surface area contributed by atoms with Gasteiger partial charge >= 0.3 is 12.1 Å². The summed E-state index contributed by atoms with van der Waals surface area (Å²) in [4.78, 5) is 28.5. The Morgan fingerprint density at radius 1 is 1.14 bits per heavy atom. The first-order valence-electron chi connectivity index (χ1n) is 12.4. The molecule has 2 aromatic carbocycles. The molecule has 7 nitrogen and oxygen atoms in total. The van der Waals surface area contributed by atoms with E-state index in [1.165, 1.54) is 0 Å². The fourth-order valence-corrected chi connectivity index (χ4v) is 4.66. The van der Waals surface area contributed by atoms with Gasteiger partial charge in [0.05, 0.1) is 0 Å². The average molecular weight is 524 g/mol. The highest BCUT2D eigenvalue weighted by atomic mass is 35.5. The second-order valence-corrected chi connectivity index (χ2v) is 11.2. The van der Waals surface area contributed by atoms with Gasteiger partial charge in [0.25, 0.3) is 0 Å². The van der Waals surface area contributed by atoms with Crippen LogP contribution in [0, 0.1) is 19.8 Å². The minimum absolute atomic E-state index is 0.0913. The average Bonchev–Trinajstić information content (AvgIpc) is 3.42. The molecule has 0 aliphatic rings. The maximum absolute atomic E-state index is 12.8. The summed E-state index contributed by atoms with van der Waals surface area (Å²) in [5.41, 5.74) is 5.60. The number of rotatable bonds is 6. The lowest BCUT2D eigenvalue weighted by Gasteiger charge is -2.24. The third kappa shape index (κ3) is 5.77. The summed E-state index contributed by atoms with van der Waals surface area (Å²) in [5.74, 6) is -0.663. The van der Waals surface area contributed by atoms with Gasteiger partial charge in [-0.25, -0.2) is 9.59 Å². The Labute approximate surface area is 222 Å². The van der Waals surface area contributed by atoms with E-state index in [2.05, 4.69) is 30.2 Å². The molecule has 37 heavy (non-hydrogen) atoms. The molecule has 1 amide bonds. The van der Waals surface area contributed by atoms with Crippen molar-refractivity contribution < 1.29 is 19.1 Å². The summed E-state index contributed by atoms with van der Waals surface area (Å²) in [6.45, 7) is 13.3. The minimum atomic E-state index is -0.807. The van der Waals surface area contributed by atoms with Crippen LogP contribution in [-0.2, 0) is 20.9 Å². The van der Waals surface area contributed by atoms with Gasteiger partial charge in [-0.05, 0) is 82.0 Å². The molecule has 0 aliphatic heterocycles. The molecule has 4 aromatic rings. The minimum Gasteiger partial charge on any atom is -0.459 e. The molecule has 0 aliphatic carbocycles. The molecule has 1 atom stereocenters. The Morgan fingerprint density at radius 3 is 2.54 bits per heavy atom. The van der Waals surface area contributed by atoms with Gasteiger partial charge in [-0.2, -0.15) is 0 Å². The van der Waals surface area contributed by atoms with Crippen LogP contribution < -0.4 is 5.32 Å². The van der Waals surface area contributed by atoms with Crippen LogP contribution in [0.4, 0.5) is 4.79 Å². The number of nitrogens with one attached hydrogen (secondary N) is 2. The second kappa shape index (κ2) is 10.1. The fourth-order valence-electron chi connectivity index (χ4n) is 4.48. The van der Waals surface area contributed by atoms with Crippen molar-refractivity contribution in [2.24, 2.45) is 5.92 Å². The van der Waals surface area contributed by atoms with E-state index < -0.39 is 23.7 Å². The molecule has 0 unspecified atom stereocenters. The molecule has 0 saturated heterocycles. The van der Waals surface area contributed by atoms with Gasteiger partial charge in [0, 0.05) is 50.5 Å². The molecule has 0 bridgehead atoms. The number of ether oxygens (including phenoxy) is 2. The van der Waals surface area contributed by atoms with Gasteiger partial charge in [-0.3, -0.25) is 0 Å². The summed E-state index contributed by atoms with van der Waals surface area (Å²) in [6, 6.07) is 9.13. The Hall–Kier alpha value is -3.45. The van der Waals surface area contributed by atoms with E-state index in [9.17, 15) is 9.59 Å². The second-order valence-electron chi connectivity index (χ2n) is 10.8. The smallest absolute Gasteiger partial charge is 0.408 e. The molecule has 0 spiro atoms. The molecular formula is C29H34ClN3O4. The SMILES string of the molecule is Cc1cc(-n2ccc(COC(=O)[C@H](NC(=O)OC(C)(C)C)C(C)C)c2)c(C)c2c1[nH]c1ccc(Cl)cc12. The molecule has 8 heteroatoms. The normalized spacial score (nSPS) is 12.8. The Morgan fingerprint density at radius 2 is 1.86 bits per heavy atom. The van der Waals surface area contributed by atoms with E-state index >= 15 is 0 Å². The third-order valence-electron chi connectivity index (χ3n) is 6.27. The number of carbonyl (C=O) groups is 2. The van der Waals surface area contributed by atoms with Crippen molar-refractivity contribution in [1.82, 2.24) is 14.9 Å². The van der Waals surface area contributed by atoms with E-state index in [0.717, 1.165) is 44.2 Å². The topological polar surface area (TPSA) is 85.3 Å². The molecule has 2 N–H and O–H groups in total. The van der Waals surface area contributed by atoms with Gasteiger partial charge in [-0.1, -0.05) is 25.4 Å². The zero-order valence-electron chi connectivity index (χ0n) is 22.4. The zero-order chi connectivity index (χ0) is 27.1. The van der Waals surface area contributed by atoms with Crippen molar-refractivity contribution in [3.63, 3.8) is 0 Å². The van der Waals surface area contributed by atoms with Crippen LogP contribution in [0.15, 0.2) is 42.7 Å². The summed E-state index contributed by atoms with van der Waals surface area (Å²) in [5, 5.41) is 5.56. The molecule has 0 saturated carbocycles. The van der Waals surface area contributed by atoms with Crippen LogP contribution in [0.5, 0.6) is 0 Å². The van der Waals surface area contributed by atoms with Crippen LogP contribution in [0.1, 0.15) is 51.3 Å². The zero-order valence-corrected chi connectivity index (χ0v) is 23.1. The maximum Gasteiger partial charge on any atom is 0.408 e. The number of aromatic amines is 1. The van der Waals surface area contributed by atoms with Crippen molar-refractivity contribution in [3.05, 3.63) is 64.4 Å². The van der Waals surface area contributed by atoms with Crippen LogP contribution in [0.3, 0.4) is 0 Å². The van der Waals surface area contributed by atoms with Gasteiger partial charge < -0.3 is 24.3 Å². The quantitative estimate of drug-likeness (QED) is 0.267. The van der Waals surface area contributed by atoms with Gasteiger partial charge in [0.1, 0.15) is 18.2 Å². The first-order chi connectivity index (χ1) is 17.3. The van der Waals surface area contributed by atoms with Crippen LogP contribution in [0.2, 0.25) is 5.02 Å². The van der Waals surface area contributed by atoms with Crippen molar-refractivity contribution in [1.29, 1.82) is 0 Å². The fraction of sp³-hybridized carbons (Fsp3) is 0.379. The van der Waals surface area contributed by atoms with Gasteiger partial charge in [0.15, 0.2) is 0 Å². The summed E-state index contributed by atoms with van der Waals surface area (Å²) in [6.07, 6.45) is 3.26. The number of aryl methyl sites for hydroxylation is 2. The molecule has 4 rings (SSSR count). The lowest BCUT2D eigenvalue weighted by atomic mass is 10.0. The largest absolute Gasteiger partial charge is 0.459 e. The van der Waals surface area contributed by atoms with E-state index in [0.29, 0.717) is 5.02 Å². The highest BCUT2D eigenvalue weighted by Gasteiger charge is 2.28. The summed E-state index contributed by atoms with van der Waals surface area (Å²) >= 11 is 6.30. The van der Waals surface area contributed by atoms with Crippen molar-refractivity contribution in [3.8, 4) is 5.69 Å². The third-order valence-corrected chi connectivity index (χ3v) is 6.51. The number of alkyl carbamates (subject to hydrolysis) is 1. The van der Waals surface area contributed by atoms with Crippen LogP contribution in [0.25, 0.3) is 27.5 Å². The number of aromatic nitrogens is 2. The van der Waals surface area contributed by atoms with Crippen LogP contribution in [-0.4, -0.2) is 33.3 Å². The highest BCUT2D eigenvalue weighted by Crippen LogP contribution is 2.35. The van der Waals surface area contributed by atoms with E-state index in [1.54, 1.807) is 20.8 Å². The maximum atomic E-state index is 12.8. The Kier molecular flexibility index (Phi) is 7.29. The molecule has 196 valence electrons. The Balaban J connectivity index is 1.53. The number of nitrogens with zero attached hydrogens (tertiary/aromatic N) is 1. The van der Waals surface area contributed by atoms with Gasteiger partial charge in [-0.15, -0.1) is 0 Å². The predicted molar refractivity (Wildman–Crippen MR) is 147 cm³/mol. The molecule has 0 fully saturated rings. The molecular weight excluding hydrogens is 490 g/mol. The first kappa shape index (κ1) is 26.6. The number of H-pyrrole nitrogens is 1. The summed E-state index contributed by atoms with van der Waals surface area (Å²) < 4.78 is 12.9. The molecule has 0 radical (unpaired) electrons. The van der Waals surface area contributed by atoms with Crippen LogP contribution >= 0.6 is 11.6 Å². The number of hydrogen-bond acceptors (Lipinski definition) is 4. The molecule has 2 aromatic heterocycles. The lowest BCUT2D eigenvalue weighted by molar-refractivity contribution is -0.148. The Bertz CT molecular complexity index is 1480. The molecule has 2 heterocycles. The standard InChI is InChI=1S/C29H34ClN3O4/c1-16(2)25(32-28(35)37-29(5,6)7)27(34)36-15-19-10-11-33(14-19)23-12-17(3)26-24(18(23)4)21-13-20(30)8-9-22(21)31-26/h8-14,16,25,31H,15H2,1-7H3,(H,32,35)/t25-/m1/s1. The number of benzene rings is 2. The van der Waals surface area contributed by atoms with Crippen molar-refractivity contribution in [2.45, 2.75) is 66.7 Å². The first-order valence-corrected chi connectivity index (χ1v) is 12.8. The number of carbonyl (C=O) groups excluding carboxylic acids is 2. The monoisotopic (exact) mass is 523 g/mol. The lowest BCUT2D eigenvalue weighted by Crippen LogP contribution is -2.47.